The predicted molar refractivity (Wildman–Crippen MR) is 106 cm³/mol. The molecule has 0 bridgehead atoms. The van der Waals surface area contributed by atoms with Gasteiger partial charge in [0.25, 0.3) is 11.5 Å². The molecule has 7 nitrogen and oxygen atoms in total. The molecule has 0 spiro atoms. The molecular formula is C21H27N3O4. The van der Waals surface area contributed by atoms with Crippen LogP contribution in [0.5, 0.6) is 0 Å². The second-order valence-corrected chi connectivity index (χ2v) is 7.28. The number of esters is 1. The van der Waals surface area contributed by atoms with Gasteiger partial charge in [0.2, 0.25) is 0 Å². The molecule has 0 saturated heterocycles. The molecule has 0 radical (unpaired) electrons. The van der Waals surface area contributed by atoms with Crippen molar-refractivity contribution in [3.8, 4) is 0 Å². The summed E-state index contributed by atoms with van der Waals surface area (Å²) in [6.45, 7) is 3.75. The molecule has 1 amide bonds. The van der Waals surface area contributed by atoms with E-state index in [0.29, 0.717) is 28.8 Å². The summed E-state index contributed by atoms with van der Waals surface area (Å²) in [5.74, 6) is -0.846. The van der Waals surface area contributed by atoms with Crippen LogP contribution in [0.2, 0.25) is 0 Å². The van der Waals surface area contributed by atoms with Gasteiger partial charge in [-0.3, -0.25) is 9.59 Å². The van der Waals surface area contributed by atoms with Crippen molar-refractivity contribution in [2.24, 2.45) is 0 Å². The van der Waals surface area contributed by atoms with E-state index in [1.165, 1.54) is 12.8 Å². The zero-order valence-corrected chi connectivity index (χ0v) is 16.5. The number of carbonyl (C=O) groups excluding carboxylic acids is 2. The van der Waals surface area contributed by atoms with Crippen LogP contribution < -0.4 is 10.9 Å². The minimum Gasteiger partial charge on any atom is -0.452 e. The van der Waals surface area contributed by atoms with Gasteiger partial charge in [-0.05, 0) is 44.9 Å². The van der Waals surface area contributed by atoms with Gasteiger partial charge in [0.05, 0.1) is 16.6 Å². The molecule has 1 heterocycles. The molecule has 2 aromatic rings. The van der Waals surface area contributed by atoms with Gasteiger partial charge in [0.1, 0.15) is 5.69 Å². The van der Waals surface area contributed by atoms with Gasteiger partial charge in [-0.25, -0.2) is 9.78 Å². The largest absolute Gasteiger partial charge is 0.452 e. The highest BCUT2D eigenvalue weighted by Crippen LogP contribution is 2.17. The van der Waals surface area contributed by atoms with Gasteiger partial charge in [0, 0.05) is 12.6 Å². The molecule has 150 valence electrons. The van der Waals surface area contributed by atoms with Crippen LogP contribution in [-0.4, -0.2) is 34.1 Å². The van der Waals surface area contributed by atoms with E-state index in [0.717, 1.165) is 25.7 Å². The van der Waals surface area contributed by atoms with Crippen molar-refractivity contribution in [3.63, 3.8) is 0 Å². The SMILES string of the molecule is CCn1c(=O)c(C)nc2cc(C(=O)OCC(=O)NC3CCCCCC3)ccc21. The first kappa shape index (κ1) is 20.0. The van der Waals surface area contributed by atoms with E-state index in [9.17, 15) is 14.4 Å². The van der Waals surface area contributed by atoms with Crippen molar-refractivity contribution >= 4 is 22.9 Å². The number of amides is 1. The zero-order chi connectivity index (χ0) is 20.1. The molecule has 1 aliphatic carbocycles. The molecule has 3 rings (SSSR count). The van der Waals surface area contributed by atoms with Crippen molar-refractivity contribution in [1.82, 2.24) is 14.9 Å². The highest BCUT2D eigenvalue weighted by molar-refractivity contribution is 5.94. The lowest BCUT2D eigenvalue weighted by atomic mass is 10.1. The second-order valence-electron chi connectivity index (χ2n) is 7.28. The van der Waals surface area contributed by atoms with Gasteiger partial charge in [0.15, 0.2) is 6.61 Å². The Kier molecular flexibility index (Phi) is 6.44. The fourth-order valence-corrected chi connectivity index (χ4v) is 3.72. The summed E-state index contributed by atoms with van der Waals surface area (Å²) in [4.78, 5) is 40.9. The molecule has 1 aliphatic rings. The third-order valence-electron chi connectivity index (χ3n) is 5.22. The number of aryl methyl sites for hydroxylation is 2. The first-order valence-electron chi connectivity index (χ1n) is 9.97. The van der Waals surface area contributed by atoms with Crippen LogP contribution in [0.1, 0.15) is 61.5 Å². The molecule has 1 aromatic heterocycles. The lowest BCUT2D eigenvalue weighted by Crippen LogP contribution is -2.37. The number of rotatable bonds is 5. The van der Waals surface area contributed by atoms with E-state index in [2.05, 4.69) is 10.3 Å². The number of nitrogens with one attached hydrogen (secondary N) is 1. The van der Waals surface area contributed by atoms with Crippen molar-refractivity contribution in [2.75, 3.05) is 6.61 Å². The van der Waals surface area contributed by atoms with Crippen molar-refractivity contribution in [3.05, 3.63) is 39.8 Å². The third kappa shape index (κ3) is 4.58. The summed E-state index contributed by atoms with van der Waals surface area (Å²) in [7, 11) is 0. The molecule has 1 fully saturated rings. The smallest absolute Gasteiger partial charge is 0.338 e. The maximum absolute atomic E-state index is 12.3. The normalized spacial score (nSPS) is 15.2. The van der Waals surface area contributed by atoms with Crippen molar-refractivity contribution < 1.29 is 14.3 Å². The first-order chi connectivity index (χ1) is 13.5. The van der Waals surface area contributed by atoms with Gasteiger partial charge in [-0.2, -0.15) is 0 Å². The Labute approximate surface area is 164 Å². The molecule has 28 heavy (non-hydrogen) atoms. The molecule has 0 unspecified atom stereocenters. The average molecular weight is 385 g/mol. The van der Waals surface area contributed by atoms with Crippen LogP contribution in [0.15, 0.2) is 23.0 Å². The zero-order valence-electron chi connectivity index (χ0n) is 16.5. The molecule has 7 heteroatoms. The molecule has 0 aliphatic heterocycles. The summed E-state index contributed by atoms with van der Waals surface area (Å²) in [5, 5.41) is 2.96. The number of fused-ring (bicyclic) bond motifs is 1. The van der Waals surface area contributed by atoms with E-state index in [-0.39, 0.29) is 24.1 Å². The van der Waals surface area contributed by atoms with Gasteiger partial charge in [-0.1, -0.05) is 25.7 Å². The number of carbonyl (C=O) groups is 2. The summed E-state index contributed by atoms with van der Waals surface area (Å²) >= 11 is 0. The molecule has 1 saturated carbocycles. The number of benzene rings is 1. The Balaban J connectivity index is 1.65. The van der Waals surface area contributed by atoms with Gasteiger partial charge in [-0.15, -0.1) is 0 Å². The first-order valence-corrected chi connectivity index (χ1v) is 9.97. The highest BCUT2D eigenvalue weighted by Gasteiger charge is 2.17. The summed E-state index contributed by atoms with van der Waals surface area (Å²) < 4.78 is 6.79. The number of ether oxygens (including phenoxy) is 1. The van der Waals surface area contributed by atoms with E-state index < -0.39 is 5.97 Å². The van der Waals surface area contributed by atoms with Crippen LogP contribution in [-0.2, 0) is 16.1 Å². The van der Waals surface area contributed by atoms with Crippen LogP contribution in [0.25, 0.3) is 11.0 Å². The van der Waals surface area contributed by atoms with E-state index in [1.54, 1.807) is 29.7 Å². The topological polar surface area (TPSA) is 90.3 Å². The van der Waals surface area contributed by atoms with Crippen molar-refractivity contribution in [2.45, 2.75) is 65.0 Å². The summed E-state index contributed by atoms with van der Waals surface area (Å²) in [6, 6.07) is 5.05. The highest BCUT2D eigenvalue weighted by atomic mass is 16.5. The monoisotopic (exact) mass is 385 g/mol. The maximum Gasteiger partial charge on any atom is 0.338 e. The quantitative estimate of drug-likeness (QED) is 0.631. The lowest BCUT2D eigenvalue weighted by molar-refractivity contribution is -0.125. The average Bonchev–Trinajstić information content (AvgIpc) is 2.95. The third-order valence-corrected chi connectivity index (χ3v) is 5.22. The molecule has 0 atom stereocenters. The Morgan fingerprint density at radius 3 is 2.61 bits per heavy atom. The Morgan fingerprint density at radius 1 is 1.21 bits per heavy atom. The minimum atomic E-state index is -0.577. The van der Waals surface area contributed by atoms with Crippen molar-refractivity contribution in [1.29, 1.82) is 0 Å². The molecular weight excluding hydrogens is 358 g/mol. The standard InChI is InChI=1S/C21H27N3O4/c1-3-24-18-11-10-15(12-17(18)22-14(2)20(24)26)21(27)28-13-19(25)23-16-8-6-4-5-7-9-16/h10-12,16H,3-9,13H2,1-2H3,(H,23,25). The maximum atomic E-state index is 12.3. The Morgan fingerprint density at radius 2 is 1.93 bits per heavy atom. The lowest BCUT2D eigenvalue weighted by Gasteiger charge is -2.16. The van der Waals surface area contributed by atoms with Crippen LogP contribution in [0.3, 0.4) is 0 Å². The Bertz CT molecular complexity index is 927. The van der Waals surface area contributed by atoms with E-state index in [1.807, 2.05) is 6.92 Å². The van der Waals surface area contributed by atoms with Gasteiger partial charge >= 0.3 is 5.97 Å². The van der Waals surface area contributed by atoms with E-state index in [4.69, 9.17) is 4.74 Å². The van der Waals surface area contributed by atoms with Crippen LogP contribution >= 0.6 is 0 Å². The number of hydrogen-bond donors (Lipinski definition) is 1. The van der Waals surface area contributed by atoms with E-state index >= 15 is 0 Å². The van der Waals surface area contributed by atoms with Crippen LogP contribution in [0, 0.1) is 6.92 Å². The molecule has 1 aromatic carbocycles. The number of aromatic nitrogens is 2. The Hall–Kier alpha value is -2.70. The second kappa shape index (κ2) is 8.99. The fraction of sp³-hybridized carbons (Fsp3) is 0.524. The summed E-state index contributed by atoms with van der Waals surface area (Å²) in [6.07, 6.45) is 6.63. The van der Waals surface area contributed by atoms with Gasteiger partial charge < -0.3 is 14.6 Å². The number of nitrogens with zero attached hydrogens (tertiary/aromatic N) is 2. The predicted octanol–water partition coefficient (Wildman–Crippen LogP) is 2.72. The fourth-order valence-electron chi connectivity index (χ4n) is 3.72. The molecule has 1 N–H and O–H groups in total. The minimum absolute atomic E-state index is 0.138. The number of hydrogen-bond acceptors (Lipinski definition) is 5. The summed E-state index contributed by atoms with van der Waals surface area (Å²) in [5.41, 5.74) is 1.77. The van der Waals surface area contributed by atoms with Crippen LogP contribution in [0.4, 0.5) is 0 Å².